The highest BCUT2D eigenvalue weighted by Crippen LogP contribution is 2.28. The highest BCUT2D eigenvalue weighted by atomic mass is 35.5. The van der Waals surface area contributed by atoms with Gasteiger partial charge in [-0.2, -0.15) is 0 Å². The average molecular weight is 459 g/mol. The number of fused-ring (bicyclic) bond motifs is 1. The molecule has 0 atom stereocenters. The standard InChI is InChI=1S/C20H16ClFN6O2S/c1-11-18(28-31(2,29)30)7-12(9-23-11)16-5-6-17-19(27-16)20(25-10-24-17)26-13-3-4-15(22)14(21)8-13/h3-10,28H,1-2H3,(H,24,25,26). The molecule has 1 aromatic carbocycles. The largest absolute Gasteiger partial charge is 0.338 e. The van der Waals surface area contributed by atoms with E-state index in [9.17, 15) is 12.8 Å². The molecule has 0 amide bonds. The molecule has 3 aromatic heterocycles. The van der Waals surface area contributed by atoms with Crippen molar-refractivity contribution in [3.8, 4) is 11.3 Å². The van der Waals surface area contributed by atoms with Crippen molar-refractivity contribution in [3.63, 3.8) is 0 Å². The van der Waals surface area contributed by atoms with Gasteiger partial charge in [-0.3, -0.25) is 9.71 Å². The highest BCUT2D eigenvalue weighted by molar-refractivity contribution is 7.92. The van der Waals surface area contributed by atoms with Crippen LogP contribution in [0.15, 0.2) is 48.9 Å². The van der Waals surface area contributed by atoms with Crippen molar-refractivity contribution in [2.24, 2.45) is 0 Å². The van der Waals surface area contributed by atoms with Gasteiger partial charge >= 0.3 is 0 Å². The zero-order valence-electron chi connectivity index (χ0n) is 16.4. The van der Waals surface area contributed by atoms with E-state index in [1.54, 1.807) is 31.3 Å². The lowest BCUT2D eigenvalue weighted by molar-refractivity contribution is 0.606. The lowest BCUT2D eigenvalue weighted by Crippen LogP contribution is -2.11. The first-order valence-electron chi connectivity index (χ1n) is 8.98. The number of benzene rings is 1. The van der Waals surface area contributed by atoms with E-state index in [1.807, 2.05) is 0 Å². The Morgan fingerprint density at radius 3 is 2.61 bits per heavy atom. The minimum Gasteiger partial charge on any atom is -0.338 e. The van der Waals surface area contributed by atoms with Crippen molar-refractivity contribution in [3.05, 3.63) is 65.5 Å². The third-order valence-electron chi connectivity index (χ3n) is 4.34. The minimum atomic E-state index is -3.46. The Balaban J connectivity index is 1.76. The molecule has 2 N–H and O–H groups in total. The van der Waals surface area contributed by atoms with Gasteiger partial charge in [-0.1, -0.05) is 11.6 Å². The van der Waals surface area contributed by atoms with Gasteiger partial charge in [0.05, 0.1) is 33.9 Å². The van der Waals surface area contributed by atoms with Crippen molar-refractivity contribution < 1.29 is 12.8 Å². The maximum atomic E-state index is 13.4. The van der Waals surface area contributed by atoms with Gasteiger partial charge in [-0.25, -0.2) is 27.8 Å². The second kappa shape index (κ2) is 8.05. The number of sulfonamides is 1. The van der Waals surface area contributed by atoms with Crippen LogP contribution in [0.1, 0.15) is 5.69 Å². The van der Waals surface area contributed by atoms with Crippen LogP contribution >= 0.6 is 11.6 Å². The van der Waals surface area contributed by atoms with Crippen molar-refractivity contribution in [2.75, 3.05) is 16.3 Å². The summed E-state index contributed by atoms with van der Waals surface area (Å²) in [6.07, 6.45) is 4.07. The normalized spacial score (nSPS) is 11.5. The van der Waals surface area contributed by atoms with Gasteiger partial charge in [0.1, 0.15) is 17.7 Å². The smallest absolute Gasteiger partial charge is 0.229 e. The van der Waals surface area contributed by atoms with Crippen LogP contribution < -0.4 is 10.0 Å². The zero-order chi connectivity index (χ0) is 22.2. The Labute approximate surface area is 182 Å². The molecule has 4 rings (SSSR count). The Hall–Kier alpha value is -3.37. The Morgan fingerprint density at radius 1 is 1.06 bits per heavy atom. The molecule has 0 radical (unpaired) electrons. The summed E-state index contributed by atoms with van der Waals surface area (Å²) in [6.45, 7) is 1.70. The van der Waals surface area contributed by atoms with Gasteiger partial charge in [-0.15, -0.1) is 0 Å². The summed E-state index contributed by atoms with van der Waals surface area (Å²) in [5.74, 6) is -0.116. The summed E-state index contributed by atoms with van der Waals surface area (Å²) < 4.78 is 39.2. The minimum absolute atomic E-state index is 0.0198. The molecule has 11 heteroatoms. The van der Waals surface area contributed by atoms with Gasteiger partial charge in [0.25, 0.3) is 0 Å². The number of hydrogen-bond donors (Lipinski definition) is 2. The molecule has 3 heterocycles. The molecule has 0 aliphatic rings. The number of aryl methyl sites for hydroxylation is 1. The van der Waals surface area contributed by atoms with Crippen molar-refractivity contribution in [1.29, 1.82) is 0 Å². The molecule has 0 aliphatic carbocycles. The van der Waals surface area contributed by atoms with Crippen molar-refractivity contribution in [1.82, 2.24) is 19.9 Å². The molecule has 0 bridgehead atoms. The van der Waals surface area contributed by atoms with E-state index in [0.717, 1.165) is 6.26 Å². The Morgan fingerprint density at radius 2 is 1.87 bits per heavy atom. The number of nitrogens with zero attached hydrogens (tertiary/aromatic N) is 4. The summed E-state index contributed by atoms with van der Waals surface area (Å²) in [4.78, 5) is 17.4. The number of anilines is 3. The summed E-state index contributed by atoms with van der Waals surface area (Å²) >= 11 is 5.86. The van der Waals surface area contributed by atoms with Crippen LogP contribution in [0.5, 0.6) is 0 Å². The van der Waals surface area contributed by atoms with Gasteiger partial charge in [0.15, 0.2) is 5.82 Å². The zero-order valence-corrected chi connectivity index (χ0v) is 18.0. The molecule has 31 heavy (non-hydrogen) atoms. The number of rotatable bonds is 5. The fourth-order valence-corrected chi connectivity index (χ4v) is 3.67. The molecular formula is C20H16ClFN6O2S. The first kappa shape index (κ1) is 20.9. The molecule has 0 fully saturated rings. The SMILES string of the molecule is Cc1ncc(-c2ccc3ncnc(Nc4ccc(F)c(Cl)c4)c3n2)cc1NS(C)(=O)=O. The van der Waals surface area contributed by atoms with Crippen LogP contribution in [0.25, 0.3) is 22.3 Å². The van der Waals surface area contributed by atoms with E-state index in [0.29, 0.717) is 45.2 Å². The fourth-order valence-electron chi connectivity index (χ4n) is 2.88. The van der Waals surface area contributed by atoms with E-state index in [1.165, 1.54) is 24.5 Å². The summed E-state index contributed by atoms with van der Waals surface area (Å²) in [6, 6.07) is 9.42. The second-order valence-corrected chi connectivity index (χ2v) is 8.93. The molecule has 8 nitrogen and oxygen atoms in total. The van der Waals surface area contributed by atoms with Crippen LogP contribution in [0.4, 0.5) is 21.6 Å². The van der Waals surface area contributed by atoms with Crippen LogP contribution in [-0.2, 0) is 10.0 Å². The topological polar surface area (TPSA) is 110 Å². The molecule has 0 saturated heterocycles. The van der Waals surface area contributed by atoms with Gasteiger partial charge < -0.3 is 5.32 Å². The average Bonchev–Trinajstić information content (AvgIpc) is 2.71. The number of halogens is 2. The van der Waals surface area contributed by atoms with Gasteiger partial charge in [-0.05, 0) is 43.3 Å². The monoisotopic (exact) mass is 458 g/mol. The third-order valence-corrected chi connectivity index (χ3v) is 5.22. The lowest BCUT2D eigenvalue weighted by atomic mass is 10.1. The molecular weight excluding hydrogens is 443 g/mol. The lowest BCUT2D eigenvalue weighted by Gasteiger charge is -2.11. The summed E-state index contributed by atoms with van der Waals surface area (Å²) in [5, 5.41) is 3.05. The molecule has 0 spiro atoms. The van der Waals surface area contributed by atoms with Crippen LogP contribution in [0.3, 0.4) is 0 Å². The third kappa shape index (κ3) is 4.70. The summed E-state index contributed by atoms with van der Waals surface area (Å²) in [7, 11) is -3.46. The van der Waals surface area contributed by atoms with E-state index < -0.39 is 15.8 Å². The number of pyridine rings is 2. The molecule has 158 valence electrons. The predicted octanol–water partition coefficient (Wildman–Crippen LogP) is 4.30. The van der Waals surface area contributed by atoms with Gasteiger partial charge in [0.2, 0.25) is 10.0 Å². The Bertz CT molecular complexity index is 1410. The maximum absolute atomic E-state index is 13.4. The highest BCUT2D eigenvalue weighted by Gasteiger charge is 2.12. The van der Waals surface area contributed by atoms with Crippen molar-refractivity contribution in [2.45, 2.75) is 6.92 Å². The predicted molar refractivity (Wildman–Crippen MR) is 118 cm³/mol. The number of hydrogen-bond acceptors (Lipinski definition) is 7. The molecule has 0 aliphatic heterocycles. The Kier molecular flexibility index (Phi) is 5.42. The van der Waals surface area contributed by atoms with E-state index in [-0.39, 0.29) is 5.02 Å². The molecule has 0 saturated carbocycles. The van der Waals surface area contributed by atoms with Crippen molar-refractivity contribution >= 4 is 49.9 Å². The maximum Gasteiger partial charge on any atom is 0.229 e. The molecule has 4 aromatic rings. The van der Waals surface area contributed by atoms with Crippen LogP contribution in [0.2, 0.25) is 5.02 Å². The summed E-state index contributed by atoms with van der Waals surface area (Å²) in [5.41, 5.74) is 3.65. The van der Waals surface area contributed by atoms with E-state index in [4.69, 9.17) is 11.6 Å². The fraction of sp³-hybridized carbons (Fsp3) is 0.100. The first-order chi connectivity index (χ1) is 14.7. The number of aromatic nitrogens is 4. The molecule has 0 unspecified atom stereocenters. The van der Waals surface area contributed by atoms with E-state index >= 15 is 0 Å². The number of nitrogens with one attached hydrogen (secondary N) is 2. The quantitative estimate of drug-likeness (QED) is 0.458. The van der Waals surface area contributed by atoms with Crippen LogP contribution in [-0.4, -0.2) is 34.6 Å². The van der Waals surface area contributed by atoms with E-state index in [2.05, 4.69) is 30.0 Å². The van der Waals surface area contributed by atoms with Crippen LogP contribution in [0, 0.1) is 12.7 Å². The first-order valence-corrected chi connectivity index (χ1v) is 11.3. The van der Waals surface area contributed by atoms with Gasteiger partial charge in [0, 0.05) is 17.4 Å². The second-order valence-electron chi connectivity index (χ2n) is 6.77.